The van der Waals surface area contributed by atoms with E-state index in [9.17, 15) is 9.90 Å². The van der Waals surface area contributed by atoms with Crippen molar-refractivity contribution in [2.75, 3.05) is 39.0 Å². The summed E-state index contributed by atoms with van der Waals surface area (Å²) in [4.78, 5) is 24.8. The lowest BCUT2D eigenvalue weighted by molar-refractivity contribution is -0.0391. The molecule has 0 bridgehead atoms. The van der Waals surface area contributed by atoms with Gasteiger partial charge < -0.3 is 20.2 Å². The smallest absolute Gasteiger partial charge is 0.257 e. The third-order valence-corrected chi connectivity index (χ3v) is 4.38. The van der Waals surface area contributed by atoms with Crippen molar-refractivity contribution in [2.45, 2.75) is 18.4 Å². The minimum absolute atomic E-state index is 0.145. The minimum Gasteiger partial charge on any atom is -0.387 e. The number of para-hydroxylation sites is 1. The van der Waals surface area contributed by atoms with Gasteiger partial charge >= 0.3 is 0 Å². The highest BCUT2D eigenvalue weighted by Crippen LogP contribution is 2.23. The van der Waals surface area contributed by atoms with Crippen LogP contribution < -0.4 is 5.32 Å². The second-order valence-electron chi connectivity index (χ2n) is 7.08. The first kappa shape index (κ1) is 18.3. The van der Waals surface area contributed by atoms with Crippen LogP contribution in [0.2, 0.25) is 0 Å². The second-order valence-corrected chi connectivity index (χ2v) is 7.08. The average Bonchev–Trinajstić information content (AvgIpc) is 2.61. The largest absolute Gasteiger partial charge is 0.387 e. The first-order chi connectivity index (χ1) is 12.5. The fraction of sp³-hybridized carbons (Fsp3) is 0.421. The number of nitrogens with zero attached hydrogens (tertiary/aromatic N) is 4. The minimum atomic E-state index is -0.868. The molecule has 1 atom stereocenters. The van der Waals surface area contributed by atoms with Crippen LogP contribution in [0.5, 0.6) is 0 Å². The predicted molar refractivity (Wildman–Crippen MR) is 100 cm³/mol. The molecule has 0 saturated carbocycles. The third kappa shape index (κ3) is 4.56. The number of likely N-dealkylation sites (N-methyl/N-ethyl adjacent to an activating group) is 1. The molecule has 0 radical (unpaired) electrons. The average molecular weight is 355 g/mol. The van der Waals surface area contributed by atoms with Gasteiger partial charge in [-0.15, -0.1) is 0 Å². The van der Waals surface area contributed by atoms with E-state index >= 15 is 0 Å². The van der Waals surface area contributed by atoms with E-state index in [1.807, 2.05) is 49.3 Å². The van der Waals surface area contributed by atoms with E-state index < -0.39 is 5.60 Å². The van der Waals surface area contributed by atoms with Crippen LogP contribution >= 0.6 is 0 Å². The molecule has 1 saturated heterocycles. The Morgan fingerprint density at radius 3 is 2.62 bits per heavy atom. The molecule has 1 aliphatic rings. The summed E-state index contributed by atoms with van der Waals surface area (Å²) in [5.74, 6) is 0.295. The van der Waals surface area contributed by atoms with E-state index in [1.165, 1.54) is 12.4 Å². The Morgan fingerprint density at radius 2 is 1.96 bits per heavy atom. The first-order valence-electron chi connectivity index (χ1n) is 8.76. The summed E-state index contributed by atoms with van der Waals surface area (Å²) in [5, 5.41) is 13.8. The number of piperidine rings is 1. The number of hydrogen-bond acceptors (Lipinski definition) is 6. The van der Waals surface area contributed by atoms with Gasteiger partial charge in [0.05, 0.1) is 17.7 Å². The van der Waals surface area contributed by atoms with Crippen LogP contribution in [0.1, 0.15) is 23.2 Å². The van der Waals surface area contributed by atoms with Crippen LogP contribution in [0.15, 0.2) is 42.7 Å². The molecule has 7 heteroatoms. The van der Waals surface area contributed by atoms with Crippen molar-refractivity contribution in [3.63, 3.8) is 0 Å². The lowest BCUT2D eigenvalue weighted by Crippen LogP contribution is -2.54. The highest BCUT2D eigenvalue weighted by molar-refractivity contribution is 5.93. The van der Waals surface area contributed by atoms with E-state index in [2.05, 4.69) is 15.3 Å². The van der Waals surface area contributed by atoms with Crippen LogP contribution in [-0.2, 0) is 0 Å². The molecule has 2 aromatic rings. The lowest BCUT2D eigenvalue weighted by Gasteiger charge is -2.40. The number of β-amino-alcohol motifs (C(OH)–C–C–N with tert-alkyl or cyclic N) is 1. The number of nitrogens with one attached hydrogen (secondary N) is 1. The van der Waals surface area contributed by atoms with Crippen molar-refractivity contribution in [1.29, 1.82) is 0 Å². The fourth-order valence-electron chi connectivity index (χ4n) is 3.34. The Labute approximate surface area is 153 Å². The molecule has 2 heterocycles. The van der Waals surface area contributed by atoms with Crippen molar-refractivity contribution in [2.24, 2.45) is 0 Å². The van der Waals surface area contributed by atoms with Gasteiger partial charge in [0, 0.05) is 31.2 Å². The molecule has 7 nitrogen and oxygen atoms in total. The van der Waals surface area contributed by atoms with Crippen LogP contribution in [0, 0.1) is 0 Å². The molecule has 26 heavy (non-hydrogen) atoms. The maximum atomic E-state index is 12.7. The summed E-state index contributed by atoms with van der Waals surface area (Å²) in [6.45, 7) is 1.50. The molecular weight excluding hydrogens is 330 g/mol. The number of benzene rings is 1. The molecular formula is C19H25N5O2. The molecule has 1 amide bonds. The van der Waals surface area contributed by atoms with E-state index in [0.717, 1.165) is 12.1 Å². The summed E-state index contributed by atoms with van der Waals surface area (Å²) < 4.78 is 0. The molecule has 1 aromatic carbocycles. The van der Waals surface area contributed by atoms with Crippen molar-refractivity contribution in [3.8, 4) is 0 Å². The number of aliphatic hydroxyl groups is 1. The lowest BCUT2D eigenvalue weighted by atomic mass is 9.92. The summed E-state index contributed by atoms with van der Waals surface area (Å²) >= 11 is 0. The zero-order chi connectivity index (χ0) is 18.6. The molecule has 3 rings (SSSR count). The van der Waals surface area contributed by atoms with Gasteiger partial charge in [0.25, 0.3) is 5.91 Å². The molecule has 0 aliphatic carbocycles. The van der Waals surface area contributed by atoms with Gasteiger partial charge in [0.2, 0.25) is 5.95 Å². The van der Waals surface area contributed by atoms with E-state index in [0.29, 0.717) is 37.6 Å². The van der Waals surface area contributed by atoms with Gasteiger partial charge in [-0.05, 0) is 39.1 Å². The van der Waals surface area contributed by atoms with Gasteiger partial charge in [0.15, 0.2) is 0 Å². The third-order valence-electron chi connectivity index (χ3n) is 4.38. The van der Waals surface area contributed by atoms with Gasteiger partial charge in [0.1, 0.15) is 0 Å². The normalized spacial score (nSPS) is 20.2. The fourth-order valence-corrected chi connectivity index (χ4v) is 3.34. The number of rotatable bonds is 5. The zero-order valence-corrected chi connectivity index (χ0v) is 15.2. The molecule has 1 aromatic heterocycles. The predicted octanol–water partition coefficient (Wildman–Crippen LogP) is 1.75. The number of hydrogen-bond donors (Lipinski definition) is 2. The zero-order valence-electron chi connectivity index (χ0n) is 15.2. The number of aromatic nitrogens is 2. The van der Waals surface area contributed by atoms with E-state index in [4.69, 9.17) is 0 Å². The molecule has 0 spiro atoms. The van der Waals surface area contributed by atoms with E-state index in [1.54, 1.807) is 4.90 Å². The topological polar surface area (TPSA) is 81.6 Å². The maximum Gasteiger partial charge on any atom is 0.257 e. The monoisotopic (exact) mass is 355 g/mol. The quantitative estimate of drug-likeness (QED) is 0.850. The molecule has 1 aliphatic heterocycles. The van der Waals surface area contributed by atoms with Crippen LogP contribution in [0.4, 0.5) is 11.6 Å². The molecule has 1 fully saturated rings. The van der Waals surface area contributed by atoms with Gasteiger partial charge in [-0.1, -0.05) is 18.2 Å². The maximum absolute atomic E-state index is 12.7. The SMILES string of the molecule is CN(C)CC1(O)CCCN(C(=O)c2cnc(Nc3ccccc3)nc2)C1. The molecule has 138 valence electrons. The van der Waals surface area contributed by atoms with Gasteiger partial charge in [-0.3, -0.25) is 4.79 Å². The number of likely N-dealkylation sites (tertiary alicyclic amines) is 1. The van der Waals surface area contributed by atoms with Crippen LogP contribution in [0.3, 0.4) is 0 Å². The van der Waals surface area contributed by atoms with Crippen LogP contribution in [-0.4, -0.2) is 70.1 Å². The van der Waals surface area contributed by atoms with Crippen molar-refractivity contribution in [3.05, 3.63) is 48.3 Å². The standard InChI is InChI=1S/C19H25N5O2/c1-23(2)13-19(26)9-6-10-24(14-19)17(25)15-11-20-18(21-12-15)22-16-7-4-3-5-8-16/h3-5,7-8,11-12,26H,6,9-10,13-14H2,1-2H3,(H,20,21,22). The van der Waals surface area contributed by atoms with Crippen molar-refractivity contribution < 1.29 is 9.90 Å². The Bertz CT molecular complexity index is 735. The van der Waals surface area contributed by atoms with Crippen LogP contribution in [0.25, 0.3) is 0 Å². The molecule has 2 N–H and O–H groups in total. The summed E-state index contributed by atoms with van der Waals surface area (Å²) in [5.41, 5.74) is 0.446. The van der Waals surface area contributed by atoms with Gasteiger partial charge in [-0.25, -0.2) is 9.97 Å². The Balaban J connectivity index is 1.66. The second kappa shape index (κ2) is 7.80. The van der Waals surface area contributed by atoms with Crippen molar-refractivity contribution >= 4 is 17.5 Å². The number of anilines is 2. The Hall–Kier alpha value is -2.51. The highest BCUT2D eigenvalue weighted by Gasteiger charge is 2.36. The summed E-state index contributed by atoms with van der Waals surface area (Å²) in [7, 11) is 3.84. The summed E-state index contributed by atoms with van der Waals surface area (Å²) in [6, 6.07) is 9.62. The highest BCUT2D eigenvalue weighted by atomic mass is 16.3. The molecule has 1 unspecified atom stereocenters. The first-order valence-corrected chi connectivity index (χ1v) is 8.76. The Morgan fingerprint density at radius 1 is 1.27 bits per heavy atom. The number of amides is 1. The van der Waals surface area contributed by atoms with Crippen molar-refractivity contribution in [1.82, 2.24) is 19.8 Å². The van der Waals surface area contributed by atoms with E-state index in [-0.39, 0.29) is 5.91 Å². The summed E-state index contributed by atoms with van der Waals surface area (Å²) in [6.07, 6.45) is 4.54. The van der Waals surface area contributed by atoms with Gasteiger partial charge in [-0.2, -0.15) is 0 Å². The number of carbonyl (C=O) groups excluding carboxylic acids is 1. The Kier molecular flexibility index (Phi) is 5.49. The number of carbonyl (C=O) groups is 1.